The number of likely N-dealkylation sites (N-methyl/N-ethyl adjacent to an activating group) is 1. The average Bonchev–Trinajstić information content (AvgIpc) is 2.60. The number of amides is 2. The average molecular weight is 326 g/mol. The Kier molecular flexibility index (Phi) is 4.96. The normalized spacial score (nSPS) is 17.7. The highest BCUT2D eigenvalue weighted by molar-refractivity contribution is 5.89. The molecule has 0 aliphatic carbocycles. The van der Waals surface area contributed by atoms with E-state index in [-0.39, 0.29) is 18.7 Å². The van der Waals surface area contributed by atoms with Crippen molar-refractivity contribution in [2.75, 3.05) is 30.4 Å². The quantitative estimate of drug-likeness (QED) is 0.889. The van der Waals surface area contributed by atoms with Gasteiger partial charge in [0.1, 0.15) is 0 Å². The van der Waals surface area contributed by atoms with Gasteiger partial charge in [0, 0.05) is 25.5 Å². The molecule has 6 nitrogen and oxygen atoms in total. The van der Waals surface area contributed by atoms with E-state index in [0.29, 0.717) is 19.5 Å². The van der Waals surface area contributed by atoms with Gasteiger partial charge in [-0.25, -0.2) is 4.79 Å². The highest BCUT2D eigenvalue weighted by atomic mass is 16.3. The molecule has 1 atom stereocenters. The Labute approximate surface area is 141 Å². The van der Waals surface area contributed by atoms with E-state index in [1.807, 2.05) is 49.5 Å². The molecule has 1 aliphatic heterocycles. The summed E-state index contributed by atoms with van der Waals surface area (Å²) in [6, 6.07) is 13.1. The highest BCUT2D eigenvalue weighted by Gasteiger charge is 2.25. The summed E-state index contributed by atoms with van der Waals surface area (Å²) in [5, 5.41) is 12.6. The van der Waals surface area contributed by atoms with Crippen molar-refractivity contribution in [2.24, 2.45) is 0 Å². The standard InChI is InChI=1S/C18H22N4O2/c1-21-15(13-23)9-11-22(12-16-17(21)8-5-10-19-16)18(24)20-14-6-3-2-4-7-14/h2-8,10,15,23H,9,11-13H2,1H3,(H,20,24)/t15-/m0/s1. The summed E-state index contributed by atoms with van der Waals surface area (Å²) >= 11 is 0. The summed E-state index contributed by atoms with van der Waals surface area (Å²) in [5.41, 5.74) is 2.55. The topological polar surface area (TPSA) is 68.7 Å². The number of benzene rings is 1. The van der Waals surface area contributed by atoms with E-state index in [2.05, 4.69) is 15.2 Å². The van der Waals surface area contributed by atoms with E-state index >= 15 is 0 Å². The smallest absolute Gasteiger partial charge is 0.322 e. The number of urea groups is 1. The number of aromatic nitrogens is 1. The third-order valence-electron chi connectivity index (χ3n) is 4.39. The lowest BCUT2D eigenvalue weighted by molar-refractivity contribution is 0.195. The maximum Gasteiger partial charge on any atom is 0.322 e. The molecular formula is C18H22N4O2. The van der Waals surface area contributed by atoms with E-state index in [9.17, 15) is 9.90 Å². The fourth-order valence-corrected chi connectivity index (χ4v) is 2.94. The van der Waals surface area contributed by atoms with Gasteiger partial charge in [-0.1, -0.05) is 18.2 Å². The van der Waals surface area contributed by atoms with Gasteiger partial charge in [-0.15, -0.1) is 0 Å². The number of carbonyl (C=O) groups excluding carboxylic acids is 1. The summed E-state index contributed by atoms with van der Waals surface area (Å²) < 4.78 is 0. The maximum atomic E-state index is 12.6. The van der Waals surface area contributed by atoms with Crippen LogP contribution < -0.4 is 10.2 Å². The van der Waals surface area contributed by atoms with Gasteiger partial charge in [0.2, 0.25) is 0 Å². The van der Waals surface area contributed by atoms with Crippen molar-refractivity contribution >= 4 is 17.4 Å². The van der Waals surface area contributed by atoms with Crippen LogP contribution in [0.3, 0.4) is 0 Å². The van der Waals surface area contributed by atoms with Crippen LogP contribution in [0, 0.1) is 0 Å². The van der Waals surface area contributed by atoms with E-state index in [0.717, 1.165) is 17.1 Å². The molecule has 0 fully saturated rings. The minimum Gasteiger partial charge on any atom is -0.394 e. The fourth-order valence-electron chi connectivity index (χ4n) is 2.94. The second kappa shape index (κ2) is 7.31. The monoisotopic (exact) mass is 326 g/mol. The number of hydrogen-bond acceptors (Lipinski definition) is 4. The zero-order chi connectivity index (χ0) is 16.9. The molecule has 3 rings (SSSR count). The number of fused-ring (bicyclic) bond motifs is 1. The minimum absolute atomic E-state index is 0.0407. The number of hydrogen-bond donors (Lipinski definition) is 2. The molecule has 1 aromatic heterocycles. The van der Waals surface area contributed by atoms with Crippen LogP contribution in [0.2, 0.25) is 0 Å². The predicted octanol–water partition coefficient (Wildman–Crippen LogP) is 2.32. The molecule has 6 heteroatoms. The second-order valence-electron chi connectivity index (χ2n) is 5.92. The van der Waals surface area contributed by atoms with Gasteiger partial charge < -0.3 is 20.2 Å². The molecule has 1 aliphatic rings. The summed E-state index contributed by atoms with van der Waals surface area (Å²) in [7, 11) is 1.96. The third kappa shape index (κ3) is 3.49. The Morgan fingerprint density at radius 1 is 1.29 bits per heavy atom. The van der Waals surface area contributed by atoms with Crippen molar-refractivity contribution in [2.45, 2.75) is 19.0 Å². The van der Waals surface area contributed by atoms with E-state index in [4.69, 9.17) is 0 Å². The Morgan fingerprint density at radius 3 is 2.83 bits per heavy atom. The number of nitrogens with zero attached hydrogens (tertiary/aromatic N) is 3. The minimum atomic E-state index is -0.154. The van der Waals surface area contributed by atoms with Crippen LogP contribution in [0.1, 0.15) is 12.1 Å². The number of aliphatic hydroxyl groups is 1. The molecule has 1 aromatic carbocycles. The number of carbonyl (C=O) groups is 1. The van der Waals surface area contributed by atoms with Gasteiger partial charge in [0.15, 0.2) is 0 Å². The SMILES string of the molecule is CN1c2cccnc2CN(C(=O)Nc2ccccc2)CC[C@H]1CO. The van der Waals surface area contributed by atoms with E-state index < -0.39 is 0 Å². The van der Waals surface area contributed by atoms with Crippen LogP contribution in [0.15, 0.2) is 48.7 Å². The lowest BCUT2D eigenvalue weighted by Gasteiger charge is -2.35. The van der Waals surface area contributed by atoms with Gasteiger partial charge in [0.25, 0.3) is 0 Å². The largest absolute Gasteiger partial charge is 0.394 e. The van der Waals surface area contributed by atoms with Crippen molar-refractivity contribution < 1.29 is 9.90 Å². The fraction of sp³-hybridized carbons (Fsp3) is 0.333. The number of rotatable bonds is 2. The van der Waals surface area contributed by atoms with Crippen LogP contribution >= 0.6 is 0 Å². The molecule has 2 amide bonds. The maximum absolute atomic E-state index is 12.6. The first-order valence-electron chi connectivity index (χ1n) is 8.07. The predicted molar refractivity (Wildman–Crippen MR) is 94.0 cm³/mol. The molecule has 0 saturated heterocycles. The van der Waals surface area contributed by atoms with Crippen molar-refractivity contribution in [3.8, 4) is 0 Å². The van der Waals surface area contributed by atoms with Crippen LogP contribution in [0.25, 0.3) is 0 Å². The van der Waals surface area contributed by atoms with Crippen molar-refractivity contribution in [1.82, 2.24) is 9.88 Å². The second-order valence-corrected chi connectivity index (χ2v) is 5.92. The molecule has 2 heterocycles. The summed E-state index contributed by atoms with van der Waals surface area (Å²) in [5.74, 6) is 0. The number of pyridine rings is 1. The number of anilines is 2. The van der Waals surface area contributed by atoms with Gasteiger partial charge >= 0.3 is 6.03 Å². The highest BCUT2D eigenvalue weighted by Crippen LogP contribution is 2.25. The molecular weight excluding hydrogens is 304 g/mol. The zero-order valence-electron chi connectivity index (χ0n) is 13.7. The van der Waals surface area contributed by atoms with E-state index in [1.54, 1.807) is 11.1 Å². The van der Waals surface area contributed by atoms with Crippen molar-refractivity contribution in [3.05, 3.63) is 54.4 Å². The molecule has 0 saturated carbocycles. The van der Waals surface area contributed by atoms with Gasteiger partial charge in [0.05, 0.1) is 30.6 Å². The molecule has 0 bridgehead atoms. The van der Waals surface area contributed by atoms with Crippen molar-refractivity contribution in [3.63, 3.8) is 0 Å². The Balaban J connectivity index is 1.82. The van der Waals surface area contributed by atoms with Crippen LogP contribution in [0.4, 0.5) is 16.2 Å². The Bertz CT molecular complexity index is 692. The van der Waals surface area contributed by atoms with Crippen LogP contribution in [0.5, 0.6) is 0 Å². The molecule has 24 heavy (non-hydrogen) atoms. The lowest BCUT2D eigenvalue weighted by Crippen LogP contribution is -2.44. The first-order valence-corrected chi connectivity index (χ1v) is 8.07. The van der Waals surface area contributed by atoms with Crippen LogP contribution in [-0.4, -0.2) is 47.3 Å². The number of para-hydroxylation sites is 1. The summed E-state index contributed by atoms with van der Waals surface area (Å²) in [6.07, 6.45) is 2.43. The Morgan fingerprint density at radius 2 is 2.08 bits per heavy atom. The van der Waals surface area contributed by atoms with Gasteiger partial charge in [-0.3, -0.25) is 4.98 Å². The first-order chi connectivity index (χ1) is 11.7. The molecule has 0 unspecified atom stereocenters. The third-order valence-corrected chi connectivity index (χ3v) is 4.39. The number of aliphatic hydroxyl groups excluding tert-OH is 1. The van der Waals surface area contributed by atoms with Crippen molar-refractivity contribution in [1.29, 1.82) is 0 Å². The molecule has 126 valence electrons. The zero-order valence-corrected chi connectivity index (χ0v) is 13.7. The number of nitrogens with one attached hydrogen (secondary N) is 1. The summed E-state index contributed by atoms with van der Waals surface area (Å²) in [4.78, 5) is 20.9. The molecule has 0 radical (unpaired) electrons. The Hall–Kier alpha value is -2.60. The molecule has 0 spiro atoms. The lowest BCUT2D eigenvalue weighted by atomic mass is 10.1. The molecule has 2 aromatic rings. The van der Waals surface area contributed by atoms with Gasteiger partial charge in [-0.2, -0.15) is 0 Å². The first kappa shape index (κ1) is 16.3. The summed E-state index contributed by atoms with van der Waals surface area (Å²) in [6.45, 7) is 1.04. The van der Waals surface area contributed by atoms with E-state index in [1.165, 1.54) is 0 Å². The van der Waals surface area contributed by atoms with Crippen LogP contribution in [-0.2, 0) is 6.54 Å². The molecule has 2 N–H and O–H groups in total. The van der Waals surface area contributed by atoms with Gasteiger partial charge in [-0.05, 0) is 30.7 Å².